The Balaban J connectivity index is 3.51. The van der Waals surface area contributed by atoms with E-state index in [4.69, 9.17) is 5.11 Å². The molecule has 0 heterocycles. The molecule has 0 saturated heterocycles. The van der Waals surface area contributed by atoms with Crippen molar-refractivity contribution in [2.75, 3.05) is 47.4 Å². The quantitative estimate of drug-likeness (QED) is 0.360. The van der Waals surface area contributed by atoms with Crippen molar-refractivity contribution in [3.63, 3.8) is 0 Å². The predicted molar refractivity (Wildman–Crippen MR) is 88.8 cm³/mol. The molecule has 11 heteroatoms. The summed E-state index contributed by atoms with van der Waals surface area (Å²) in [7, 11) is 0.242. The number of nitro benzene ring substituents is 1. The van der Waals surface area contributed by atoms with Gasteiger partial charge in [-0.15, -0.1) is 0 Å². The number of esters is 1. The van der Waals surface area contributed by atoms with Gasteiger partial charge in [-0.25, -0.2) is 13.2 Å². The highest BCUT2D eigenvalue weighted by Gasteiger charge is 2.34. The number of methoxy groups -OCH3 is 1. The van der Waals surface area contributed by atoms with Gasteiger partial charge in [0, 0.05) is 25.7 Å². The van der Waals surface area contributed by atoms with Crippen molar-refractivity contribution in [3.05, 3.63) is 33.9 Å². The van der Waals surface area contributed by atoms with Crippen LogP contribution in [0.25, 0.3) is 0 Å². The average molecular weight is 375 g/mol. The Hall–Kier alpha value is -2.08. The Bertz CT molecular complexity index is 734. The summed E-state index contributed by atoms with van der Waals surface area (Å²) in [6, 6.07) is 3.32. The summed E-state index contributed by atoms with van der Waals surface area (Å²) in [6.45, 7) is -0.241. The smallest absolute Gasteiger partial charge is 0.346 e. The molecule has 0 saturated carbocycles. The molecule has 0 spiro atoms. The summed E-state index contributed by atoms with van der Waals surface area (Å²) >= 11 is 0. The van der Waals surface area contributed by atoms with Gasteiger partial charge in [-0.2, -0.15) is 4.31 Å². The van der Waals surface area contributed by atoms with Crippen LogP contribution in [0.4, 0.5) is 5.69 Å². The van der Waals surface area contributed by atoms with Gasteiger partial charge in [0.05, 0.1) is 18.6 Å². The number of nitro groups is 1. The zero-order valence-electron chi connectivity index (χ0n) is 14.2. The highest BCUT2D eigenvalue weighted by Crippen LogP contribution is 2.28. The van der Waals surface area contributed by atoms with Crippen LogP contribution in [0, 0.1) is 10.1 Å². The molecule has 1 N–H and O–H groups in total. The van der Waals surface area contributed by atoms with Crippen LogP contribution in [0.2, 0.25) is 0 Å². The Morgan fingerprint density at radius 1 is 1.28 bits per heavy atom. The largest absolute Gasteiger partial charge is 0.465 e. The number of ether oxygens (including phenoxy) is 1. The molecule has 140 valence electrons. The van der Waals surface area contributed by atoms with Gasteiger partial charge in [-0.1, -0.05) is 6.07 Å². The lowest BCUT2D eigenvalue weighted by Gasteiger charge is -2.23. The van der Waals surface area contributed by atoms with Gasteiger partial charge in [0.2, 0.25) is 10.0 Å². The highest BCUT2D eigenvalue weighted by atomic mass is 32.2. The Morgan fingerprint density at radius 2 is 1.92 bits per heavy atom. The predicted octanol–water partition coefficient (Wildman–Crippen LogP) is -0.0740. The molecule has 25 heavy (non-hydrogen) atoms. The Labute approximate surface area is 145 Å². The van der Waals surface area contributed by atoms with E-state index >= 15 is 0 Å². The van der Waals surface area contributed by atoms with Crippen LogP contribution >= 0.6 is 0 Å². The van der Waals surface area contributed by atoms with Crippen molar-refractivity contribution >= 4 is 21.7 Å². The molecule has 0 amide bonds. The summed E-state index contributed by atoms with van der Waals surface area (Å²) in [5, 5.41) is 20.3. The van der Waals surface area contributed by atoms with Crippen LogP contribution in [-0.4, -0.2) is 81.1 Å². The van der Waals surface area contributed by atoms with Crippen LogP contribution in [0.3, 0.4) is 0 Å². The third-order valence-corrected chi connectivity index (χ3v) is 5.30. The fourth-order valence-electron chi connectivity index (χ4n) is 2.11. The average Bonchev–Trinajstić information content (AvgIpc) is 2.56. The molecule has 0 atom stereocenters. The van der Waals surface area contributed by atoms with Gasteiger partial charge in [0.25, 0.3) is 5.69 Å². The zero-order chi connectivity index (χ0) is 19.2. The van der Waals surface area contributed by atoms with Crippen molar-refractivity contribution in [3.8, 4) is 0 Å². The molecular weight excluding hydrogens is 354 g/mol. The molecule has 0 aliphatic carbocycles. The number of carbonyl (C=O) groups excluding carboxylic acids is 1. The molecule has 0 radical (unpaired) electrons. The molecule has 1 rings (SSSR count). The number of hydrogen-bond donors (Lipinski definition) is 1. The van der Waals surface area contributed by atoms with Crippen LogP contribution in [0.1, 0.15) is 10.4 Å². The third kappa shape index (κ3) is 4.95. The number of likely N-dealkylation sites (N-methyl/N-ethyl adjacent to an activating group) is 1. The van der Waals surface area contributed by atoms with Crippen LogP contribution in [-0.2, 0) is 14.8 Å². The van der Waals surface area contributed by atoms with E-state index in [-0.39, 0.29) is 13.1 Å². The van der Waals surface area contributed by atoms with Gasteiger partial charge in [-0.3, -0.25) is 10.1 Å². The maximum atomic E-state index is 12.9. The minimum atomic E-state index is -4.26. The summed E-state index contributed by atoms with van der Waals surface area (Å²) < 4.78 is 31.3. The summed E-state index contributed by atoms with van der Waals surface area (Å²) in [6.07, 6.45) is 0. The standard InChI is InChI=1S/C14H21N3O7S/c1-15(2)7-8-16(9-10-18)25(22,23)12-6-4-5-11(17(20)21)13(12)14(19)24-3/h4-6,18H,7-10H2,1-3H3. The van der Waals surface area contributed by atoms with Crippen LogP contribution in [0.5, 0.6) is 0 Å². The first-order chi connectivity index (χ1) is 11.7. The third-order valence-electron chi connectivity index (χ3n) is 3.35. The molecular formula is C14H21N3O7S. The van der Waals surface area contributed by atoms with Crippen molar-refractivity contribution in [1.29, 1.82) is 0 Å². The fraction of sp³-hybridized carbons (Fsp3) is 0.500. The first-order valence-electron chi connectivity index (χ1n) is 7.28. The number of hydrogen-bond acceptors (Lipinski definition) is 8. The number of aliphatic hydroxyl groups excluding tert-OH is 1. The molecule has 0 aliphatic heterocycles. The molecule has 10 nitrogen and oxygen atoms in total. The molecule has 0 bridgehead atoms. The van der Waals surface area contributed by atoms with Crippen LogP contribution in [0.15, 0.2) is 23.1 Å². The maximum absolute atomic E-state index is 12.9. The number of benzene rings is 1. The van der Waals surface area contributed by atoms with E-state index in [9.17, 15) is 23.3 Å². The second-order valence-electron chi connectivity index (χ2n) is 5.33. The minimum absolute atomic E-state index is 0.0409. The monoisotopic (exact) mass is 375 g/mol. The minimum Gasteiger partial charge on any atom is -0.465 e. The molecule has 0 unspecified atom stereocenters. The zero-order valence-corrected chi connectivity index (χ0v) is 15.0. The topological polar surface area (TPSA) is 130 Å². The number of rotatable bonds is 9. The summed E-state index contributed by atoms with van der Waals surface area (Å²) in [4.78, 5) is 23.5. The van der Waals surface area contributed by atoms with Crippen molar-refractivity contribution < 1.29 is 28.0 Å². The summed E-state index contributed by atoms with van der Waals surface area (Å²) in [5.41, 5.74) is -1.30. The normalized spacial score (nSPS) is 11.8. The Kier molecular flexibility index (Phi) is 7.42. The first-order valence-corrected chi connectivity index (χ1v) is 8.72. The van der Waals surface area contributed by atoms with E-state index in [0.29, 0.717) is 6.54 Å². The van der Waals surface area contributed by atoms with Gasteiger partial charge in [0.1, 0.15) is 4.90 Å². The second-order valence-corrected chi connectivity index (χ2v) is 7.24. The lowest BCUT2D eigenvalue weighted by Crippen LogP contribution is -2.39. The van der Waals surface area contributed by atoms with E-state index in [1.165, 1.54) is 6.07 Å². The number of sulfonamides is 1. The molecule has 0 aliphatic rings. The first kappa shape index (κ1) is 21.0. The summed E-state index contributed by atoms with van der Waals surface area (Å²) in [5.74, 6) is -1.12. The molecule has 1 aromatic carbocycles. The van der Waals surface area contributed by atoms with E-state index in [1.807, 2.05) is 0 Å². The Morgan fingerprint density at radius 3 is 2.40 bits per heavy atom. The van der Waals surface area contributed by atoms with E-state index in [1.54, 1.807) is 19.0 Å². The van der Waals surface area contributed by atoms with E-state index in [2.05, 4.69) is 4.74 Å². The lowest BCUT2D eigenvalue weighted by molar-refractivity contribution is -0.385. The van der Waals surface area contributed by atoms with Gasteiger partial charge in [0.15, 0.2) is 5.56 Å². The lowest BCUT2D eigenvalue weighted by atomic mass is 10.2. The fourth-order valence-corrected chi connectivity index (χ4v) is 3.73. The number of nitrogens with zero attached hydrogens (tertiary/aromatic N) is 3. The number of aliphatic hydroxyl groups is 1. The second kappa shape index (κ2) is 8.85. The van der Waals surface area contributed by atoms with Crippen molar-refractivity contribution in [2.45, 2.75) is 4.90 Å². The SMILES string of the molecule is COC(=O)c1c([N+](=O)[O-])cccc1S(=O)(=O)N(CCO)CCN(C)C. The molecule has 0 fully saturated rings. The molecule has 0 aromatic heterocycles. The van der Waals surface area contributed by atoms with Gasteiger partial charge < -0.3 is 14.7 Å². The van der Waals surface area contributed by atoms with Gasteiger partial charge in [-0.05, 0) is 20.2 Å². The van der Waals surface area contributed by atoms with Gasteiger partial charge >= 0.3 is 5.97 Å². The highest BCUT2D eigenvalue weighted by molar-refractivity contribution is 7.89. The van der Waals surface area contributed by atoms with Crippen LogP contribution < -0.4 is 0 Å². The van der Waals surface area contributed by atoms with Crippen molar-refractivity contribution in [2.24, 2.45) is 0 Å². The maximum Gasteiger partial charge on any atom is 0.346 e. The van der Waals surface area contributed by atoms with Crippen molar-refractivity contribution in [1.82, 2.24) is 9.21 Å². The van der Waals surface area contributed by atoms with E-state index in [0.717, 1.165) is 23.5 Å². The van der Waals surface area contributed by atoms with E-state index < -0.39 is 43.7 Å². The number of carbonyl (C=O) groups is 1. The molecule has 1 aromatic rings.